The SMILES string of the molecule is CC(C)CCOc1[c]c2ccccc2cc1. The Balaban J connectivity index is 2.08. The van der Waals surface area contributed by atoms with E-state index in [4.69, 9.17) is 4.74 Å². The number of rotatable bonds is 4. The van der Waals surface area contributed by atoms with Crippen molar-refractivity contribution in [1.82, 2.24) is 0 Å². The lowest BCUT2D eigenvalue weighted by Gasteiger charge is -2.08. The maximum atomic E-state index is 5.67. The first-order valence-corrected chi connectivity index (χ1v) is 5.79. The van der Waals surface area contributed by atoms with E-state index in [0.717, 1.165) is 24.2 Å². The van der Waals surface area contributed by atoms with E-state index >= 15 is 0 Å². The Morgan fingerprint density at radius 3 is 2.75 bits per heavy atom. The van der Waals surface area contributed by atoms with Crippen LogP contribution in [0.5, 0.6) is 5.75 Å². The van der Waals surface area contributed by atoms with Crippen molar-refractivity contribution in [2.75, 3.05) is 6.61 Å². The van der Waals surface area contributed by atoms with Crippen molar-refractivity contribution in [3.63, 3.8) is 0 Å². The van der Waals surface area contributed by atoms with E-state index in [-0.39, 0.29) is 0 Å². The first-order chi connectivity index (χ1) is 7.75. The van der Waals surface area contributed by atoms with E-state index in [0.29, 0.717) is 5.92 Å². The van der Waals surface area contributed by atoms with Gasteiger partial charge in [0, 0.05) is 6.07 Å². The standard InChI is InChI=1S/C15H17O/c1-12(2)9-10-16-15-8-7-13-5-3-4-6-14(13)11-15/h3-8,12H,9-10H2,1-2H3. The Hall–Kier alpha value is -1.50. The predicted molar refractivity (Wildman–Crippen MR) is 67.7 cm³/mol. The Labute approximate surface area is 97.1 Å². The molecule has 0 saturated carbocycles. The molecule has 1 nitrogen and oxygen atoms in total. The van der Waals surface area contributed by atoms with Gasteiger partial charge in [0.15, 0.2) is 0 Å². The van der Waals surface area contributed by atoms with Crippen molar-refractivity contribution in [2.24, 2.45) is 5.92 Å². The van der Waals surface area contributed by atoms with Crippen LogP contribution >= 0.6 is 0 Å². The van der Waals surface area contributed by atoms with Crippen LogP contribution in [0.3, 0.4) is 0 Å². The molecule has 2 rings (SSSR count). The zero-order chi connectivity index (χ0) is 11.4. The second kappa shape index (κ2) is 5.02. The molecular weight excluding hydrogens is 196 g/mol. The van der Waals surface area contributed by atoms with Crippen molar-refractivity contribution in [2.45, 2.75) is 20.3 Å². The fraction of sp³-hybridized carbons (Fsp3) is 0.333. The molecule has 2 aromatic rings. The second-order valence-electron chi connectivity index (χ2n) is 4.44. The molecule has 2 aromatic carbocycles. The summed E-state index contributed by atoms with van der Waals surface area (Å²) in [7, 11) is 0. The van der Waals surface area contributed by atoms with Crippen molar-refractivity contribution in [1.29, 1.82) is 0 Å². The van der Waals surface area contributed by atoms with Crippen molar-refractivity contribution >= 4 is 10.8 Å². The van der Waals surface area contributed by atoms with Crippen LogP contribution in [-0.2, 0) is 0 Å². The largest absolute Gasteiger partial charge is 0.493 e. The summed E-state index contributed by atoms with van der Waals surface area (Å²) in [5.74, 6) is 1.53. The van der Waals surface area contributed by atoms with E-state index in [1.54, 1.807) is 0 Å². The van der Waals surface area contributed by atoms with Gasteiger partial charge >= 0.3 is 0 Å². The highest BCUT2D eigenvalue weighted by atomic mass is 16.5. The molecule has 0 aliphatic heterocycles. The van der Waals surface area contributed by atoms with E-state index < -0.39 is 0 Å². The van der Waals surface area contributed by atoms with Gasteiger partial charge in [0.05, 0.1) is 6.61 Å². The van der Waals surface area contributed by atoms with E-state index in [1.165, 1.54) is 5.39 Å². The summed E-state index contributed by atoms with van der Waals surface area (Å²) in [5.41, 5.74) is 0. The second-order valence-corrected chi connectivity index (χ2v) is 4.44. The topological polar surface area (TPSA) is 9.23 Å². The Bertz CT molecular complexity index is 460. The van der Waals surface area contributed by atoms with Crippen molar-refractivity contribution < 1.29 is 4.74 Å². The molecule has 0 N–H and O–H groups in total. The van der Waals surface area contributed by atoms with Crippen LogP contribution in [-0.4, -0.2) is 6.61 Å². The molecule has 0 unspecified atom stereocenters. The molecule has 0 atom stereocenters. The normalized spacial score (nSPS) is 10.9. The molecule has 1 heteroatoms. The van der Waals surface area contributed by atoms with Crippen molar-refractivity contribution in [3.8, 4) is 5.75 Å². The van der Waals surface area contributed by atoms with Gasteiger partial charge in [0.25, 0.3) is 0 Å². The summed E-state index contributed by atoms with van der Waals surface area (Å²) in [6.07, 6.45) is 1.08. The van der Waals surface area contributed by atoms with Crippen LogP contribution < -0.4 is 4.74 Å². The maximum absolute atomic E-state index is 5.67. The van der Waals surface area contributed by atoms with Gasteiger partial charge in [-0.2, -0.15) is 0 Å². The van der Waals surface area contributed by atoms with E-state index in [1.807, 2.05) is 18.2 Å². The smallest absolute Gasteiger partial charge is 0.127 e. The van der Waals surface area contributed by atoms with Gasteiger partial charge in [-0.15, -0.1) is 0 Å². The fourth-order valence-electron chi connectivity index (χ4n) is 1.58. The molecule has 16 heavy (non-hydrogen) atoms. The molecule has 0 saturated heterocycles. The van der Waals surface area contributed by atoms with Crippen LogP contribution in [0, 0.1) is 12.0 Å². The van der Waals surface area contributed by atoms with Crippen LogP contribution in [0.2, 0.25) is 0 Å². The molecule has 0 aliphatic rings. The molecule has 0 fully saturated rings. The first kappa shape index (κ1) is 11.0. The minimum absolute atomic E-state index is 0.681. The van der Waals surface area contributed by atoms with Crippen LogP contribution in [0.25, 0.3) is 10.8 Å². The molecule has 0 aliphatic carbocycles. The summed E-state index contributed by atoms with van der Waals surface area (Å²) in [4.78, 5) is 0. The molecule has 0 aromatic heterocycles. The van der Waals surface area contributed by atoms with Gasteiger partial charge in [0.1, 0.15) is 5.75 Å². The van der Waals surface area contributed by atoms with Gasteiger partial charge < -0.3 is 4.74 Å². The number of benzene rings is 2. The first-order valence-electron chi connectivity index (χ1n) is 5.79. The third-order valence-corrected chi connectivity index (χ3v) is 2.59. The number of hydrogen-bond donors (Lipinski definition) is 0. The molecule has 1 radical (unpaired) electrons. The summed E-state index contributed by atoms with van der Waals surface area (Å²) in [6.45, 7) is 5.17. The molecule has 0 spiro atoms. The number of ether oxygens (including phenoxy) is 1. The van der Waals surface area contributed by atoms with Gasteiger partial charge in [-0.1, -0.05) is 44.2 Å². The van der Waals surface area contributed by atoms with E-state index in [9.17, 15) is 0 Å². The van der Waals surface area contributed by atoms with Crippen molar-refractivity contribution in [3.05, 3.63) is 42.5 Å². The lowest BCUT2D eigenvalue weighted by molar-refractivity contribution is 0.289. The minimum atomic E-state index is 0.681. The van der Waals surface area contributed by atoms with E-state index in [2.05, 4.69) is 38.1 Å². The zero-order valence-electron chi connectivity index (χ0n) is 9.86. The molecule has 83 valence electrons. The lowest BCUT2D eigenvalue weighted by atomic mass is 10.1. The van der Waals surface area contributed by atoms with Gasteiger partial charge in [0.2, 0.25) is 0 Å². The third kappa shape index (κ3) is 2.75. The van der Waals surface area contributed by atoms with Crippen LogP contribution in [0.4, 0.5) is 0 Å². The molecule has 0 bridgehead atoms. The lowest BCUT2D eigenvalue weighted by Crippen LogP contribution is -2.01. The highest BCUT2D eigenvalue weighted by Crippen LogP contribution is 2.19. The third-order valence-electron chi connectivity index (χ3n) is 2.59. The summed E-state index contributed by atoms with van der Waals surface area (Å²) >= 11 is 0. The zero-order valence-corrected chi connectivity index (χ0v) is 9.86. The highest BCUT2D eigenvalue weighted by Gasteiger charge is 1.98. The minimum Gasteiger partial charge on any atom is -0.493 e. The molecule has 0 amide bonds. The Morgan fingerprint density at radius 2 is 1.94 bits per heavy atom. The fourth-order valence-corrected chi connectivity index (χ4v) is 1.58. The summed E-state index contributed by atoms with van der Waals surface area (Å²) in [5, 5.41) is 2.32. The Kier molecular flexibility index (Phi) is 3.45. The summed E-state index contributed by atoms with van der Waals surface area (Å²) < 4.78 is 5.67. The maximum Gasteiger partial charge on any atom is 0.127 e. The van der Waals surface area contributed by atoms with Crippen LogP contribution in [0.1, 0.15) is 20.3 Å². The highest BCUT2D eigenvalue weighted by molar-refractivity contribution is 5.83. The number of hydrogen-bond acceptors (Lipinski definition) is 1. The quantitative estimate of drug-likeness (QED) is 0.744. The summed E-state index contributed by atoms with van der Waals surface area (Å²) in [6, 6.07) is 15.6. The monoisotopic (exact) mass is 213 g/mol. The van der Waals surface area contributed by atoms with Gasteiger partial charge in [-0.3, -0.25) is 0 Å². The Morgan fingerprint density at radius 1 is 1.12 bits per heavy atom. The van der Waals surface area contributed by atoms with Gasteiger partial charge in [-0.25, -0.2) is 0 Å². The van der Waals surface area contributed by atoms with Crippen LogP contribution in [0.15, 0.2) is 36.4 Å². The molecule has 0 heterocycles. The average Bonchev–Trinajstić information content (AvgIpc) is 2.28. The predicted octanol–water partition coefficient (Wildman–Crippen LogP) is 4.06. The van der Waals surface area contributed by atoms with Gasteiger partial charge in [-0.05, 0) is 29.2 Å². The average molecular weight is 213 g/mol. The number of fused-ring (bicyclic) bond motifs is 1. The molecular formula is C15H17O.